The lowest BCUT2D eigenvalue weighted by atomic mass is 10.2. The highest BCUT2D eigenvalue weighted by Gasteiger charge is 2.43. The number of aliphatic hydroxyl groups excluding tert-OH is 1. The highest BCUT2D eigenvalue weighted by molar-refractivity contribution is 5.73. The lowest BCUT2D eigenvalue weighted by molar-refractivity contribution is -0.249. The van der Waals surface area contributed by atoms with Gasteiger partial charge in [-0.15, -0.1) is 0 Å². The van der Waals surface area contributed by atoms with Crippen molar-refractivity contribution < 1.29 is 28.5 Å². The third kappa shape index (κ3) is 4.00. The fraction of sp³-hybridized carbons (Fsp3) is 0.533. The monoisotopic (exact) mass is 315 g/mol. The van der Waals surface area contributed by atoms with Crippen LogP contribution in [0, 0.1) is 0 Å². The molecule has 5 nitrogen and oxygen atoms in total. The van der Waals surface area contributed by atoms with Crippen molar-refractivity contribution in [3.8, 4) is 0 Å². The van der Waals surface area contributed by atoms with Crippen molar-refractivity contribution in [2.45, 2.75) is 37.6 Å². The van der Waals surface area contributed by atoms with E-state index in [0.29, 0.717) is 19.4 Å². The van der Waals surface area contributed by atoms with Crippen molar-refractivity contribution in [1.82, 2.24) is 4.90 Å². The fourth-order valence-electron chi connectivity index (χ4n) is 2.70. The van der Waals surface area contributed by atoms with Gasteiger partial charge in [0, 0.05) is 18.6 Å². The van der Waals surface area contributed by atoms with Crippen LogP contribution in [0.3, 0.4) is 0 Å². The number of carboxylic acid groups (broad SMARTS) is 1. The maximum atomic E-state index is 13.0. The fourth-order valence-corrected chi connectivity index (χ4v) is 2.70. The van der Waals surface area contributed by atoms with Gasteiger partial charge in [0.1, 0.15) is 0 Å². The third-order valence-corrected chi connectivity index (χ3v) is 3.90. The van der Waals surface area contributed by atoms with E-state index >= 15 is 0 Å². The van der Waals surface area contributed by atoms with Crippen LogP contribution in [0.15, 0.2) is 30.3 Å². The summed E-state index contributed by atoms with van der Waals surface area (Å²) in [5, 5.41) is 17.8. The van der Waals surface area contributed by atoms with Crippen LogP contribution in [0.1, 0.15) is 18.4 Å². The normalized spacial score (nSPS) is 22.9. The van der Waals surface area contributed by atoms with Gasteiger partial charge in [0.25, 0.3) is 0 Å². The highest BCUT2D eigenvalue weighted by atomic mass is 19.3. The molecule has 1 aliphatic heterocycles. The molecule has 0 aliphatic carbocycles. The molecule has 1 aromatic rings. The number of benzene rings is 1. The first kappa shape index (κ1) is 16.8. The summed E-state index contributed by atoms with van der Waals surface area (Å²) in [6.07, 6.45) is -2.94. The first-order chi connectivity index (χ1) is 10.4. The summed E-state index contributed by atoms with van der Waals surface area (Å²) in [7, 11) is 0. The number of aliphatic carboxylic acids is 1. The molecule has 2 atom stereocenters. The minimum absolute atomic E-state index is 0.0708. The quantitative estimate of drug-likeness (QED) is 0.801. The Morgan fingerprint density at radius 3 is 2.50 bits per heavy atom. The zero-order chi connectivity index (χ0) is 16.2. The molecular formula is C15H19F2NO4. The lowest BCUT2D eigenvalue weighted by Crippen LogP contribution is -2.42. The minimum Gasteiger partial charge on any atom is -0.475 e. The Morgan fingerprint density at radius 1 is 1.27 bits per heavy atom. The zero-order valence-electron chi connectivity index (χ0n) is 12.0. The Kier molecular flexibility index (Phi) is 5.44. The van der Waals surface area contributed by atoms with Crippen molar-refractivity contribution in [3.63, 3.8) is 0 Å². The standard InChI is InChI=1S/C15H19F2NO4/c16-15(17,14(20)21)22-10-13-7-6-12(9-19)18(13)8-11-4-2-1-3-5-11/h1-5,12-13,19H,6-10H2,(H,20,21)/t12-,13-/m0/s1. The van der Waals surface area contributed by atoms with E-state index in [0.717, 1.165) is 5.56 Å². The summed E-state index contributed by atoms with van der Waals surface area (Å²) in [6.45, 7) is 0.0417. The molecular weight excluding hydrogens is 296 g/mol. The first-order valence-corrected chi connectivity index (χ1v) is 7.09. The second kappa shape index (κ2) is 7.13. The van der Waals surface area contributed by atoms with E-state index in [1.54, 1.807) is 0 Å². The van der Waals surface area contributed by atoms with Crippen LogP contribution in [0.5, 0.6) is 0 Å². The number of rotatable bonds is 7. The van der Waals surface area contributed by atoms with Gasteiger partial charge in [-0.3, -0.25) is 4.90 Å². The Labute approximate surface area is 127 Å². The Balaban J connectivity index is 2.01. The van der Waals surface area contributed by atoms with E-state index in [1.165, 1.54) is 0 Å². The molecule has 7 heteroatoms. The maximum absolute atomic E-state index is 13.0. The number of carbonyl (C=O) groups is 1. The molecule has 0 unspecified atom stereocenters. The molecule has 1 heterocycles. The molecule has 0 radical (unpaired) electrons. The van der Waals surface area contributed by atoms with E-state index < -0.39 is 12.1 Å². The van der Waals surface area contributed by atoms with Crippen LogP contribution in [-0.2, 0) is 16.1 Å². The molecule has 2 rings (SSSR count). The zero-order valence-corrected chi connectivity index (χ0v) is 12.0. The number of hydrogen-bond acceptors (Lipinski definition) is 4. The largest absolute Gasteiger partial charge is 0.475 e. The highest BCUT2D eigenvalue weighted by Crippen LogP contribution is 2.28. The molecule has 122 valence electrons. The van der Waals surface area contributed by atoms with Gasteiger partial charge in [-0.1, -0.05) is 30.3 Å². The van der Waals surface area contributed by atoms with E-state index in [9.17, 15) is 18.7 Å². The van der Waals surface area contributed by atoms with Crippen molar-refractivity contribution in [1.29, 1.82) is 0 Å². The molecule has 22 heavy (non-hydrogen) atoms. The van der Waals surface area contributed by atoms with Gasteiger partial charge >= 0.3 is 12.1 Å². The van der Waals surface area contributed by atoms with Crippen LogP contribution in [0.25, 0.3) is 0 Å². The van der Waals surface area contributed by atoms with Crippen LogP contribution in [0.4, 0.5) is 8.78 Å². The molecule has 0 spiro atoms. The summed E-state index contributed by atoms with van der Waals surface area (Å²) < 4.78 is 30.4. The summed E-state index contributed by atoms with van der Waals surface area (Å²) in [4.78, 5) is 12.3. The molecule has 2 N–H and O–H groups in total. The number of nitrogens with zero attached hydrogens (tertiary/aromatic N) is 1. The van der Waals surface area contributed by atoms with Gasteiger partial charge in [-0.2, -0.15) is 8.78 Å². The average molecular weight is 315 g/mol. The molecule has 0 saturated carbocycles. The van der Waals surface area contributed by atoms with E-state index in [-0.39, 0.29) is 25.3 Å². The van der Waals surface area contributed by atoms with Crippen molar-refractivity contribution in [3.05, 3.63) is 35.9 Å². The van der Waals surface area contributed by atoms with E-state index in [1.807, 2.05) is 35.2 Å². The Hall–Kier alpha value is -1.57. The molecule has 1 aromatic carbocycles. The number of hydrogen-bond donors (Lipinski definition) is 2. The summed E-state index contributed by atoms with van der Waals surface area (Å²) in [5.74, 6) is -2.29. The van der Waals surface area contributed by atoms with Gasteiger partial charge in [0.15, 0.2) is 0 Å². The van der Waals surface area contributed by atoms with Gasteiger partial charge in [0.05, 0.1) is 13.2 Å². The third-order valence-electron chi connectivity index (χ3n) is 3.90. The molecule has 1 aliphatic rings. The predicted molar refractivity (Wildman–Crippen MR) is 74.4 cm³/mol. The van der Waals surface area contributed by atoms with Crippen molar-refractivity contribution in [2.24, 2.45) is 0 Å². The smallest absolute Gasteiger partial charge is 0.455 e. The topological polar surface area (TPSA) is 70.0 Å². The van der Waals surface area contributed by atoms with Crippen LogP contribution in [-0.4, -0.2) is 52.5 Å². The number of halogens is 2. The van der Waals surface area contributed by atoms with Gasteiger partial charge in [-0.25, -0.2) is 4.79 Å². The maximum Gasteiger partial charge on any atom is 0.455 e. The van der Waals surface area contributed by atoms with Crippen LogP contribution in [0.2, 0.25) is 0 Å². The number of likely N-dealkylation sites (tertiary alicyclic amines) is 1. The van der Waals surface area contributed by atoms with Crippen molar-refractivity contribution in [2.75, 3.05) is 13.2 Å². The summed E-state index contributed by atoms with van der Waals surface area (Å²) >= 11 is 0. The van der Waals surface area contributed by atoms with Gasteiger partial charge in [-0.05, 0) is 18.4 Å². The SMILES string of the molecule is O=C(O)C(F)(F)OC[C@@H]1CC[C@@H](CO)N1Cc1ccccc1. The Morgan fingerprint density at radius 2 is 1.91 bits per heavy atom. The predicted octanol–water partition coefficient (Wildman–Crippen LogP) is 1.71. The number of ether oxygens (including phenoxy) is 1. The molecule has 0 amide bonds. The molecule has 1 fully saturated rings. The Bertz CT molecular complexity index is 498. The van der Waals surface area contributed by atoms with Crippen LogP contribution < -0.4 is 0 Å². The number of alkyl halides is 2. The van der Waals surface area contributed by atoms with Gasteiger partial charge < -0.3 is 14.9 Å². The molecule has 1 saturated heterocycles. The summed E-state index contributed by atoms with van der Waals surface area (Å²) in [5.41, 5.74) is 0.998. The lowest BCUT2D eigenvalue weighted by Gasteiger charge is -2.29. The average Bonchev–Trinajstić information content (AvgIpc) is 2.88. The second-order valence-corrected chi connectivity index (χ2v) is 5.36. The van der Waals surface area contributed by atoms with Gasteiger partial charge in [0.2, 0.25) is 0 Å². The van der Waals surface area contributed by atoms with Crippen molar-refractivity contribution >= 4 is 5.97 Å². The second-order valence-electron chi connectivity index (χ2n) is 5.36. The number of aliphatic hydroxyl groups is 1. The van der Waals surface area contributed by atoms with Crippen LogP contribution >= 0.6 is 0 Å². The van der Waals surface area contributed by atoms with E-state index in [4.69, 9.17) is 5.11 Å². The first-order valence-electron chi connectivity index (χ1n) is 7.09. The minimum atomic E-state index is -4.18. The molecule has 0 aromatic heterocycles. The van der Waals surface area contributed by atoms with E-state index in [2.05, 4.69) is 4.74 Å². The summed E-state index contributed by atoms with van der Waals surface area (Å²) in [6, 6.07) is 8.99. The molecule has 0 bridgehead atoms. The number of carboxylic acids is 1.